The molecule has 0 saturated heterocycles. The molecule has 0 aliphatic rings. The summed E-state index contributed by atoms with van der Waals surface area (Å²) < 4.78 is 1.58. The third-order valence-corrected chi connectivity index (χ3v) is 4.60. The summed E-state index contributed by atoms with van der Waals surface area (Å²) in [5.74, 6) is 0.547. The van der Waals surface area contributed by atoms with Crippen molar-refractivity contribution in [3.8, 4) is 0 Å². The van der Waals surface area contributed by atoms with Gasteiger partial charge in [0.1, 0.15) is 5.65 Å². The van der Waals surface area contributed by atoms with E-state index in [0.29, 0.717) is 18.1 Å². The van der Waals surface area contributed by atoms with Gasteiger partial charge in [0.25, 0.3) is 5.56 Å². The molecule has 0 amide bonds. The fraction of sp³-hybridized carbons (Fsp3) is 0.364. The van der Waals surface area contributed by atoms with Gasteiger partial charge in [-0.2, -0.15) is 0 Å². The van der Waals surface area contributed by atoms with Crippen molar-refractivity contribution in [3.05, 3.63) is 81.9 Å². The first-order valence-electron chi connectivity index (χ1n) is 9.35. The molecule has 3 rings (SSSR count). The number of fused-ring (bicyclic) bond motifs is 1. The van der Waals surface area contributed by atoms with Crippen LogP contribution in [-0.2, 0) is 13.1 Å². The molecule has 0 spiro atoms. The van der Waals surface area contributed by atoms with E-state index in [1.165, 1.54) is 11.1 Å². The van der Waals surface area contributed by atoms with Gasteiger partial charge in [-0.1, -0.05) is 51.1 Å². The molecule has 0 radical (unpaired) electrons. The molecule has 136 valence electrons. The molecule has 26 heavy (non-hydrogen) atoms. The van der Waals surface area contributed by atoms with Crippen LogP contribution in [0.3, 0.4) is 0 Å². The molecule has 0 aliphatic carbocycles. The zero-order valence-electron chi connectivity index (χ0n) is 15.9. The molecule has 4 heteroatoms. The van der Waals surface area contributed by atoms with E-state index in [1.807, 2.05) is 18.2 Å². The predicted molar refractivity (Wildman–Crippen MR) is 106 cm³/mol. The number of aromatic nitrogens is 2. The van der Waals surface area contributed by atoms with Crippen LogP contribution in [0.1, 0.15) is 49.9 Å². The number of hydrogen-bond acceptors (Lipinski definition) is 3. The van der Waals surface area contributed by atoms with Crippen molar-refractivity contribution >= 4 is 5.65 Å². The smallest absolute Gasteiger partial charge is 0.258 e. The van der Waals surface area contributed by atoms with Gasteiger partial charge in [0.05, 0.1) is 5.69 Å². The Bertz CT molecular complexity index is 913. The Morgan fingerprint density at radius 1 is 1.08 bits per heavy atom. The predicted octanol–water partition coefficient (Wildman–Crippen LogP) is 4.23. The van der Waals surface area contributed by atoms with Crippen LogP contribution in [0.2, 0.25) is 0 Å². The highest BCUT2D eigenvalue weighted by atomic mass is 16.1. The zero-order valence-corrected chi connectivity index (χ0v) is 15.9. The lowest BCUT2D eigenvalue weighted by Gasteiger charge is -2.22. The molecule has 3 aromatic rings. The lowest BCUT2D eigenvalue weighted by molar-refractivity contribution is 0.254. The van der Waals surface area contributed by atoms with Gasteiger partial charge in [0.15, 0.2) is 0 Å². The summed E-state index contributed by atoms with van der Waals surface area (Å²) in [6, 6.07) is 16.1. The molecule has 0 aliphatic heterocycles. The van der Waals surface area contributed by atoms with Crippen LogP contribution < -0.4 is 5.56 Å². The highest BCUT2D eigenvalue weighted by Gasteiger charge is 2.10. The van der Waals surface area contributed by atoms with Gasteiger partial charge in [-0.25, -0.2) is 4.98 Å². The highest BCUT2D eigenvalue weighted by Crippen LogP contribution is 2.16. The first-order chi connectivity index (χ1) is 12.6. The van der Waals surface area contributed by atoms with Crippen LogP contribution in [0.15, 0.2) is 59.5 Å². The minimum atomic E-state index is -0.0247. The van der Waals surface area contributed by atoms with Crippen LogP contribution in [-0.4, -0.2) is 20.8 Å². The van der Waals surface area contributed by atoms with E-state index in [4.69, 9.17) is 0 Å². The molecule has 0 saturated carbocycles. The molecule has 4 nitrogen and oxygen atoms in total. The SMILES string of the molecule is CCCN(Cc1ccc(C(C)C)cc1)Cc1cc(=O)n2ccccc2n1. The maximum Gasteiger partial charge on any atom is 0.258 e. The Morgan fingerprint density at radius 2 is 1.85 bits per heavy atom. The van der Waals surface area contributed by atoms with Gasteiger partial charge in [-0.05, 0) is 42.1 Å². The number of rotatable bonds is 7. The average Bonchev–Trinajstić information content (AvgIpc) is 2.62. The summed E-state index contributed by atoms with van der Waals surface area (Å²) in [5.41, 5.74) is 4.16. The quantitative estimate of drug-likeness (QED) is 0.640. The third-order valence-electron chi connectivity index (χ3n) is 4.60. The summed E-state index contributed by atoms with van der Waals surface area (Å²) in [7, 11) is 0. The Balaban J connectivity index is 1.79. The van der Waals surface area contributed by atoms with Gasteiger partial charge in [-0.3, -0.25) is 14.1 Å². The summed E-state index contributed by atoms with van der Waals surface area (Å²) >= 11 is 0. The second-order valence-electron chi connectivity index (χ2n) is 7.12. The molecule has 2 aromatic heterocycles. The fourth-order valence-electron chi connectivity index (χ4n) is 3.21. The summed E-state index contributed by atoms with van der Waals surface area (Å²) in [6.45, 7) is 9.12. The van der Waals surface area contributed by atoms with Gasteiger partial charge in [0, 0.05) is 25.4 Å². The number of hydrogen-bond donors (Lipinski definition) is 0. The maximum atomic E-state index is 12.3. The van der Waals surface area contributed by atoms with Crippen LogP contribution in [0.5, 0.6) is 0 Å². The van der Waals surface area contributed by atoms with Crippen LogP contribution >= 0.6 is 0 Å². The molecule has 0 N–H and O–H groups in total. The van der Waals surface area contributed by atoms with Gasteiger partial charge < -0.3 is 0 Å². The zero-order chi connectivity index (χ0) is 18.5. The monoisotopic (exact) mass is 349 g/mol. The van der Waals surface area contributed by atoms with Crippen LogP contribution in [0.25, 0.3) is 5.65 Å². The first kappa shape index (κ1) is 18.3. The maximum absolute atomic E-state index is 12.3. The van der Waals surface area contributed by atoms with Crippen LogP contribution in [0, 0.1) is 0 Å². The molecule has 0 bridgehead atoms. The number of benzene rings is 1. The van der Waals surface area contributed by atoms with Gasteiger partial charge in [0.2, 0.25) is 0 Å². The van der Waals surface area contributed by atoms with Crippen LogP contribution in [0.4, 0.5) is 0 Å². The Hall–Kier alpha value is -2.46. The van der Waals surface area contributed by atoms with Crippen molar-refractivity contribution in [1.82, 2.24) is 14.3 Å². The second kappa shape index (κ2) is 8.28. The average molecular weight is 349 g/mol. The Kier molecular flexibility index (Phi) is 5.84. The van der Waals surface area contributed by atoms with E-state index < -0.39 is 0 Å². The summed E-state index contributed by atoms with van der Waals surface area (Å²) in [4.78, 5) is 19.3. The fourth-order valence-corrected chi connectivity index (χ4v) is 3.21. The van der Waals surface area contributed by atoms with Crippen molar-refractivity contribution in [2.24, 2.45) is 0 Å². The minimum absolute atomic E-state index is 0.0247. The normalized spacial score (nSPS) is 11.6. The molecule has 0 fully saturated rings. The van der Waals surface area contributed by atoms with Gasteiger partial charge >= 0.3 is 0 Å². The lowest BCUT2D eigenvalue weighted by Crippen LogP contribution is -2.26. The summed E-state index contributed by atoms with van der Waals surface area (Å²) in [5, 5.41) is 0. The van der Waals surface area contributed by atoms with Crippen molar-refractivity contribution in [1.29, 1.82) is 0 Å². The van der Waals surface area contributed by atoms with Crippen molar-refractivity contribution in [2.75, 3.05) is 6.54 Å². The van der Waals surface area contributed by atoms with E-state index in [1.54, 1.807) is 16.7 Å². The van der Waals surface area contributed by atoms with E-state index in [2.05, 4.69) is 54.9 Å². The van der Waals surface area contributed by atoms with Crippen molar-refractivity contribution < 1.29 is 0 Å². The lowest BCUT2D eigenvalue weighted by atomic mass is 10.0. The summed E-state index contributed by atoms with van der Waals surface area (Å²) in [6.07, 6.45) is 2.82. The standard InChI is InChI=1S/C22H27N3O/c1-4-12-24(15-18-8-10-19(11-9-18)17(2)3)16-20-14-22(26)25-13-6-5-7-21(25)23-20/h5-11,13-14,17H,4,12,15-16H2,1-3H3. The molecular weight excluding hydrogens is 322 g/mol. The molecular formula is C22H27N3O. The molecule has 0 atom stereocenters. The van der Waals surface area contributed by atoms with E-state index >= 15 is 0 Å². The molecule has 2 heterocycles. The first-order valence-corrected chi connectivity index (χ1v) is 9.35. The van der Waals surface area contributed by atoms with E-state index in [0.717, 1.165) is 25.2 Å². The van der Waals surface area contributed by atoms with E-state index in [-0.39, 0.29) is 5.56 Å². The molecule has 1 aromatic carbocycles. The topological polar surface area (TPSA) is 37.6 Å². The van der Waals surface area contributed by atoms with E-state index in [9.17, 15) is 4.79 Å². The highest BCUT2D eigenvalue weighted by molar-refractivity contribution is 5.38. The van der Waals surface area contributed by atoms with Crippen molar-refractivity contribution in [2.45, 2.75) is 46.2 Å². The molecule has 0 unspecified atom stereocenters. The Labute approximate surface area is 155 Å². The number of nitrogens with zero attached hydrogens (tertiary/aromatic N) is 3. The second-order valence-corrected chi connectivity index (χ2v) is 7.12. The number of pyridine rings is 1. The third kappa shape index (κ3) is 4.38. The largest absolute Gasteiger partial charge is 0.293 e. The van der Waals surface area contributed by atoms with Gasteiger partial charge in [-0.15, -0.1) is 0 Å². The minimum Gasteiger partial charge on any atom is -0.293 e. The van der Waals surface area contributed by atoms with Crippen molar-refractivity contribution in [3.63, 3.8) is 0 Å². The Morgan fingerprint density at radius 3 is 2.54 bits per heavy atom.